The molecule has 26 heavy (non-hydrogen) atoms. The largest absolute Gasteiger partial charge is 0.359 e. The normalized spacial score (nSPS) is 10.3. The van der Waals surface area contributed by atoms with Gasteiger partial charge in [0.05, 0.1) is 24.2 Å². The first kappa shape index (κ1) is 18.0. The van der Waals surface area contributed by atoms with Crippen LogP contribution < -0.4 is 16.0 Å². The number of pyridine rings is 1. The van der Waals surface area contributed by atoms with E-state index >= 15 is 0 Å². The lowest BCUT2D eigenvalue weighted by atomic mass is 10.3. The molecule has 2 amide bonds. The Balaban J connectivity index is 1.53. The van der Waals surface area contributed by atoms with Crippen LogP contribution in [-0.2, 0) is 22.4 Å². The summed E-state index contributed by atoms with van der Waals surface area (Å²) in [6, 6.07) is 5.55. The topological polar surface area (TPSA) is 109 Å². The Morgan fingerprint density at radius 1 is 1.00 bits per heavy atom. The molecule has 0 radical (unpaired) electrons. The quantitative estimate of drug-likeness (QED) is 0.573. The predicted molar refractivity (Wildman–Crippen MR) is 102 cm³/mol. The molecule has 134 valence electrons. The Bertz CT molecular complexity index is 893. The number of carbonyl (C=O) groups is 2. The molecule has 3 heterocycles. The van der Waals surface area contributed by atoms with Crippen LogP contribution in [0.5, 0.6) is 0 Å². The Morgan fingerprint density at radius 3 is 2.38 bits per heavy atom. The zero-order chi connectivity index (χ0) is 18.4. The monoisotopic (exact) mass is 388 g/mol. The van der Waals surface area contributed by atoms with E-state index in [1.807, 2.05) is 23.6 Å². The molecular formula is C16H16N6O2S2. The maximum atomic E-state index is 12.1. The SMILES string of the molecule is CNC(=O)Cc1csc(NC(=O)Cc2csc(Nc3ccccn3)n2)n1. The standard InChI is InChI=1S/C16H16N6O2S2/c1-17-13(23)6-10-8-26-16(20-10)22-14(24)7-11-9-25-15(19-11)21-12-4-2-3-5-18-12/h2-5,8-9H,6-7H2,1H3,(H,17,23)(H,18,19,21)(H,20,22,24). The zero-order valence-corrected chi connectivity index (χ0v) is 15.5. The van der Waals surface area contributed by atoms with Crippen molar-refractivity contribution in [2.75, 3.05) is 17.7 Å². The summed E-state index contributed by atoms with van der Waals surface area (Å²) in [5.41, 5.74) is 1.29. The van der Waals surface area contributed by atoms with Crippen LogP contribution in [0.1, 0.15) is 11.4 Å². The third kappa shape index (κ3) is 5.07. The van der Waals surface area contributed by atoms with Crippen molar-refractivity contribution in [2.45, 2.75) is 12.8 Å². The Hall–Kier alpha value is -2.85. The first-order valence-corrected chi connectivity index (χ1v) is 9.45. The summed E-state index contributed by atoms with van der Waals surface area (Å²) in [5, 5.41) is 13.1. The summed E-state index contributed by atoms with van der Waals surface area (Å²) in [4.78, 5) is 36.3. The summed E-state index contributed by atoms with van der Waals surface area (Å²) < 4.78 is 0. The molecule has 0 atom stereocenters. The number of hydrogen-bond acceptors (Lipinski definition) is 8. The summed E-state index contributed by atoms with van der Waals surface area (Å²) >= 11 is 2.69. The number of rotatable bonds is 7. The molecule has 0 aliphatic heterocycles. The number of nitrogens with zero attached hydrogens (tertiary/aromatic N) is 3. The van der Waals surface area contributed by atoms with E-state index in [0.29, 0.717) is 27.5 Å². The van der Waals surface area contributed by atoms with Crippen molar-refractivity contribution in [3.8, 4) is 0 Å². The zero-order valence-electron chi connectivity index (χ0n) is 13.9. The number of aromatic nitrogens is 3. The second-order valence-electron chi connectivity index (χ2n) is 5.20. The van der Waals surface area contributed by atoms with E-state index in [1.54, 1.807) is 18.6 Å². The number of hydrogen-bond donors (Lipinski definition) is 3. The van der Waals surface area contributed by atoms with Gasteiger partial charge in [-0.2, -0.15) is 0 Å². The van der Waals surface area contributed by atoms with E-state index in [2.05, 4.69) is 30.9 Å². The van der Waals surface area contributed by atoms with Crippen molar-refractivity contribution in [1.82, 2.24) is 20.3 Å². The smallest absolute Gasteiger partial charge is 0.232 e. The highest BCUT2D eigenvalue weighted by molar-refractivity contribution is 7.14. The van der Waals surface area contributed by atoms with E-state index < -0.39 is 0 Å². The van der Waals surface area contributed by atoms with Crippen molar-refractivity contribution < 1.29 is 9.59 Å². The van der Waals surface area contributed by atoms with E-state index in [-0.39, 0.29) is 24.7 Å². The van der Waals surface area contributed by atoms with Gasteiger partial charge < -0.3 is 16.0 Å². The van der Waals surface area contributed by atoms with Gasteiger partial charge in [0.2, 0.25) is 11.8 Å². The number of likely N-dealkylation sites (N-methyl/N-ethyl adjacent to an activating group) is 1. The molecule has 3 N–H and O–H groups in total. The van der Waals surface area contributed by atoms with Gasteiger partial charge in [-0.15, -0.1) is 22.7 Å². The predicted octanol–water partition coefficient (Wildman–Crippen LogP) is 2.21. The van der Waals surface area contributed by atoms with Crippen LogP contribution in [0.15, 0.2) is 35.2 Å². The van der Waals surface area contributed by atoms with Gasteiger partial charge in [0.15, 0.2) is 10.3 Å². The van der Waals surface area contributed by atoms with E-state index in [1.165, 1.54) is 22.7 Å². The van der Waals surface area contributed by atoms with Crippen LogP contribution in [-0.4, -0.2) is 33.8 Å². The van der Waals surface area contributed by atoms with Crippen molar-refractivity contribution in [3.05, 3.63) is 46.5 Å². The Morgan fingerprint density at radius 2 is 1.69 bits per heavy atom. The highest BCUT2D eigenvalue weighted by atomic mass is 32.1. The molecule has 8 nitrogen and oxygen atoms in total. The van der Waals surface area contributed by atoms with Crippen LogP contribution in [0.25, 0.3) is 0 Å². The number of amides is 2. The van der Waals surface area contributed by atoms with Crippen molar-refractivity contribution in [3.63, 3.8) is 0 Å². The van der Waals surface area contributed by atoms with Gasteiger partial charge in [-0.1, -0.05) is 6.07 Å². The van der Waals surface area contributed by atoms with Crippen molar-refractivity contribution in [2.24, 2.45) is 0 Å². The minimum absolute atomic E-state index is 0.122. The molecule has 10 heteroatoms. The molecule has 0 aromatic carbocycles. The van der Waals surface area contributed by atoms with E-state index in [0.717, 1.165) is 0 Å². The molecule has 0 saturated carbocycles. The fourth-order valence-corrected chi connectivity index (χ4v) is 3.46. The first-order valence-electron chi connectivity index (χ1n) is 7.69. The lowest BCUT2D eigenvalue weighted by Crippen LogP contribution is -2.20. The average molecular weight is 388 g/mol. The lowest BCUT2D eigenvalue weighted by molar-refractivity contribution is -0.120. The molecular weight excluding hydrogens is 372 g/mol. The molecule has 0 fully saturated rings. The second kappa shape index (κ2) is 8.50. The summed E-state index contributed by atoms with van der Waals surface area (Å²) in [6.07, 6.45) is 2.03. The van der Waals surface area contributed by atoms with Crippen molar-refractivity contribution in [1.29, 1.82) is 0 Å². The molecule has 3 aromatic heterocycles. The highest BCUT2D eigenvalue weighted by Gasteiger charge is 2.12. The molecule has 3 aromatic rings. The third-order valence-corrected chi connectivity index (χ3v) is 4.83. The minimum atomic E-state index is -0.208. The molecule has 0 aliphatic rings. The number of thiazole rings is 2. The van der Waals surface area contributed by atoms with Crippen molar-refractivity contribution >= 4 is 50.6 Å². The third-order valence-electron chi connectivity index (χ3n) is 3.21. The van der Waals surface area contributed by atoms with E-state index in [9.17, 15) is 9.59 Å². The summed E-state index contributed by atoms with van der Waals surface area (Å²) in [5.74, 6) is 0.369. The van der Waals surface area contributed by atoms with Gasteiger partial charge in [-0.25, -0.2) is 15.0 Å². The summed E-state index contributed by atoms with van der Waals surface area (Å²) in [6.45, 7) is 0. The fraction of sp³-hybridized carbons (Fsp3) is 0.188. The molecule has 0 spiro atoms. The van der Waals surface area contributed by atoms with Gasteiger partial charge in [-0.05, 0) is 12.1 Å². The average Bonchev–Trinajstić information content (AvgIpc) is 3.25. The van der Waals surface area contributed by atoms with E-state index in [4.69, 9.17) is 0 Å². The maximum absolute atomic E-state index is 12.1. The fourth-order valence-electron chi connectivity index (χ4n) is 2.02. The minimum Gasteiger partial charge on any atom is -0.359 e. The summed E-state index contributed by atoms with van der Waals surface area (Å²) in [7, 11) is 1.57. The number of carbonyl (C=O) groups excluding carboxylic acids is 2. The second-order valence-corrected chi connectivity index (χ2v) is 6.92. The molecule has 3 rings (SSSR count). The highest BCUT2D eigenvalue weighted by Crippen LogP contribution is 2.20. The lowest BCUT2D eigenvalue weighted by Gasteiger charge is -2.00. The van der Waals surface area contributed by atoms with Gasteiger partial charge in [-0.3, -0.25) is 9.59 Å². The van der Waals surface area contributed by atoms with Gasteiger partial charge in [0.1, 0.15) is 5.82 Å². The van der Waals surface area contributed by atoms with Gasteiger partial charge in [0.25, 0.3) is 0 Å². The number of nitrogens with one attached hydrogen (secondary N) is 3. The number of anilines is 3. The maximum Gasteiger partial charge on any atom is 0.232 e. The van der Waals surface area contributed by atoms with Gasteiger partial charge >= 0.3 is 0 Å². The first-order chi connectivity index (χ1) is 12.6. The van der Waals surface area contributed by atoms with Crippen LogP contribution in [0.4, 0.5) is 16.1 Å². The Labute approximate surface area is 157 Å². The van der Waals surface area contributed by atoms with Crippen LogP contribution in [0.3, 0.4) is 0 Å². The van der Waals surface area contributed by atoms with Crippen LogP contribution in [0.2, 0.25) is 0 Å². The molecule has 0 aliphatic carbocycles. The molecule has 0 bridgehead atoms. The molecule has 0 unspecified atom stereocenters. The molecule has 0 saturated heterocycles. The van der Waals surface area contributed by atoms with Gasteiger partial charge in [0, 0.05) is 24.0 Å². The van der Waals surface area contributed by atoms with Crippen LogP contribution >= 0.6 is 22.7 Å². The Kier molecular flexibility index (Phi) is 5.87. The van der Waals surface area contributed by atoms with Crippen LogP contribution in [0, 0.1) is 0 Å².